The second-order valence-electron chi connectivity index (χ2n) is 9.32. The lowest BCUT2D eigenvalue weighted by molar-refractivity contribution is 0.00295. The van der Waals surface area contributed by atoms with Gasteiger partial charge in [0.25, 0.3) is 0 Å². The number of anilines is 2. The Morgan fingerprint density at radius 1 is 1.11 bits per heavy atom. The maximum atomic E-state index is 13.6. The largest absolute Gasteiger partial charge is 0.381 e. The molecule has 0 radical (unpaired) electrons. The Balaban J connectivity index is 1.40. The van der Waals surface area contributed by atoms with E-state index in [9.17, 15) is 8.78 Å². The first kappa shape index (κ1) is 23.7. The molecule has 35 heavy (non-hydrogen) atoms. The third-order valence-corrected chi connectivity index (χ3v) is 6.74. The molecule has 1 atom stereocenters. The molecule has 0 amide bonds. The number of halogens is 2. The minimum absolute atomic E-state index is 0.237. The van der Waals surface area contributed by atoms with Gasteiger partial charge in [-0.05, 0) is 49.9 Å². The molecule has 1 unspecified atom stereocenters. The Bertz CT molecular complexity index is 1160. The van der Waals surface area contributed by atoms with E-state index < -0.39 is 6.05 Å². The van der Waals surface area contributed by atoms with Gasteiger partial charge in [-0.3, -0.25) is 10.4 Å². The van der Waals surface area contributed by atoms with Crippen LogP contribution in [0.4, 0.5) is 20.4 Å². The molecular weight excluding hydrogens is 454 g/mol. The summed E-state index contributed by atoms with van der Waals surface area (Å²) in [4.78, 5) is 16.2. The van der Waals surface area contributed by atoms with Gasteiger partial charge in [0.2, 0.25) is 0 Å². The lowest BCUT2D eigenvalue weighted by atomic mass is 10.00. The lowest BCUT2D eigenvalue weighted by Gasteiger charge is -2.27. The number of rotatable bonds is 7. The summed E-state index contributed by atoms with van der Waals surface area (Å²) in [7, 11) is 1.83. The van der Waals surface area contributed by atoms with Crippen LogP contribution in [0.15, 0.2) is 36.7 Å². The average Bonchev–Trinajstić information content (AvgIpc) is 3.48. The number of aryl methyl sites for hydroxylation is 1. The summed E-state index contributed by atoms with van der Waals surface area (Å²) in [6, 6.07) is 2.72. The van der Waals surface area contributed by atoms with Gasteiger partial charge in [0.05, 0.1) is 5.69 Å². The summed E-state index contributed by atoms with van der Waals surface area (Å²) in [6.07, 6.45) is 6.21. The van der Waals surface area contributed by atoms with Crippen molar-refractivity contribution in [2.45, 2.75) is 31.2 Å². The molecule has 3 aromatic rings. The smallest absolute Gasteiger partial charge is 0.327 e. The molecule has 3 aromatic heterocycles. The summed E-state index contributed by atoms with van der Waals surface area (Å²) in [5.41, 5.74) is 6.33. The van der Waals surface area contributed by atoms with E-state index in [-0.39, 0.29) is 17.3 Å². The van der Waals surface area contributed by atoms with Crippen molar-refractivity contribution in [1.82, 2.24) is 29.6 Å². The highest BCUT2D eigenvalue weighted by Crippen LogP contribution is 2.31. The van der Waals surface area contributed by atoms with Crippen molar-refractivity contribution in [2.75, 3.05) is 38.2 Å². The molecular formula is C24H30F2N8O. The average molecular weight is 485 g/mol. The van der Waals surface area contributed by atoms with Crippen molar-refractivity contribution >= 4 is 11.6 Å². The van der Waals surface area contributed by atoms with Gasteiger partial charge in [0.15, 0.2) is 5.82 Å². The van der Waals surface area contributed by atoms with Gasteiger partial charge in [-0.15, -0.1) is 0 Å². The third kappa shape index (κ3) is 5.63. The minimum atomic E-state index is -3.45. The second-order valence-corrected chi connectivity index (χ2v) is 9.32. The molecule has 0 aromatic carbocycles. The number of hydrogen-bond donors (Lipinski definition) is 2. The zero-order chi connectivity index (χ0) is 24.4. The van der Waals surface area contributed by atoms with E-state index in [0.717, 1.165) is 63.5 Å². The van der Waals surface area contributed by atoms with Crippen LogP contribution < -0.4 is 11.1 Å². The fourth-order valence-electron chi connectivity index (χ4n) is 4.82. The number of nitrogens with one attached hydrogen (secondary N) is 1. The summed E-state index contributed by atoms with van der Waals surface area (Å²) in [6.45, 7) is 4.72. The molecule has 5 rings (SSSR count). The van der Waals surface area contributed by atoms with E-state index in [1.54, 1.807) is 10.9 Å². The van der Waals surface area contributed by atoms with Gasteiger partial charge in [0, 0.05) is 63.3 Å². The van der Waals surface area contributed by atoms with Gasteiger partial charge >= 0.3 is 6.05 Å². The third-order valence-electron chi connectivity index (χ3n) is 6.74. The van der Waals surface area contributed by atoms with Crippen molar-refractivity contribution in [3.63, 3.8) is 0 Å². The first-order chi connectivity index (χ1) is 16.8. The van der Waals surface area contributed by atoms with Crippen LogP contribution in [0, 0.1) is 5.92 Å². The quantitative estimate of drug-likeness (QED) is 0.492. The number of nitrogens with two attached hydrogens (primary N) is 1. The fraction of sp³-hybridized carbons (Fsp3) is 0.500. The van der Waals surface area contributed by atoms with Crippen LogP contribution in [-0.2, 0) is 17.8 Å². The zero-order valence-corrected chi connectivity index (χ0v) is 19.7. The van der Waals surface area contributed by atoms with E-state index in [2.05, 4.69) is 25.3 Å². The van der Waals surface area contributed by atoms with Crippen LogP contribution in [-0.4, -0.2) is 62.5 Å². The number of alkyl halides is 2. The first-order valence-corrected chi connectivity index (χ1v) is 11.9. The van der Waals surface area contributed by atoms with Crippen LogP contribution in [0.5, 0.6) is 0 Å². The Morgan fingerprint density at radius 2 is 1.94 bits per heavy atom. The molecule has 2 fully saturated rings. The highest BCUT2D eigenvalue weighted by molar-refractivity contribution is 5.58. The zero-order valence-electron chi connectivity index (χ0n) is 19.7. The molecule has 0 bridgehead atoms. The van der Waals surface area contributed by atoms with Crippen molar-refractivity contribution < 1.29 is 13.5 Å². The van der Waals surface area contributed by atoms with Crippen LogP contribution in [0.1, 0.15) is 36.4 Å². The molecule has 0 saturated carbocycles. The Kier molecular flexibility index (Phi) is 6.72. The number of hydrogen-bond acceptors (Lipinski definition) is 8. The molecule has 5 heterocycles. The van der Waals surface area contributed by atoms with E-state index in [0.29, 0.717) is 17.6 Å². The van der Waals surface area contributed by atoms with E-state index in [4.69, 9.17) is 15.5 Å². The molecule has 2 saturated heterocycles. The summed E-state index contributed by atoms with van der Waals surface area (Å²) in [5.74, 6) is 2.17. The molecule has 9 nitrogen and oxygen atoms in total. The summed E-state index contributed by atoms with van der Waals surface area (Å²) >= 11 is 0. The van der Waals surface area contributed by atoms with Gasteiger partial charge in [-0.2, -0.15) is 13.9 Å². The van der Waals surface area contributed by atoms with Crippen molar-refractivity contribution in [2.24, 2.45) is 18.7 Å². The highest BCUT2D eigenvalue weighted by atomic mass is 19.3. The van der Waals surface area contributed by atoms with Crippen LogP contribution in [0.25, 0.3) is 11.5 Å². The standard InChI is InChI=1S/C24H30F2N8O/c1-33-20(3-8-29-33)23-30-19(17-4-9-34(15-17)14-16-5-10-35-11-6-16)13-22(32-23)31-21-12-18(2-7-28-21)24(25,26)27/h2-3,7-8,12-13,16-17H,4-6,9-11,14-15,27H2,1H3,(H,28,30,31,32). The van der Waals surface area contributed by atoms with Crippen molar-refractivity contribution in [3.05, 3.63) is 47.9 Å². The maximum absolute atomic E-state index is 13.6. The monoisotopic (exact) mass is 484 g/mol. The summed E-state index contributed by atoms with van der Waals surface area (Å²) in [5, 5.41) is 7.31. The molecule has 2 aliphatic rings. The number of pyridine rings is 1. The predicted octanol–water partition coefficient (Wildman–Crippen LogP) is 3.24. The van der Waals surface area contributed by atoms with Crippen LogP contribution in [0.2, 0.25) is 0 Å². The predicted molar refractivity (Wildman–Crippen MR) is 127 cm³/mol. The Hall–Kier alpha value is -3.02. The van der Waals surface area contributed by atoms with Crippen molar-refractivity contribution in [1.29, 1.82) is 0 Å². The van der Waals surface area contributed by atoms with E-state index in [1.807, 2.05) is 19.2 Å². The molecule has 0 aliphatic carbocycles. The maximum Gasteiger partial charge on any atom is 0.327 e. The Morgan fingerprint density at radius 3 is 2.69 bits per heavy atom. The molecule has 2 aliphatic heterocycles. The van der Waals surface area contributed by atoms with E-state index in [1.165, 1.54) is 18.3 Å². The first-order valence-electron chi connectivity index (χ1n) is 11.9. The number of aromatic nitrogens is 5. The van der Waals surface area contributed by atoms with Crippen LogP contribution in [0.3, 0.4) is 0 Å². The van der Waals surface area contributed by atoms with Gasteiger partial charge in [-0.1, -0.05) is 0 Å². The van der Waals surface area contributed by atoms with Gasteiger partial charge in [-0.25, -0.2) is 15.0 Å². The summed E-state index contributed by atoms with van der Waals surface area (Å²) < 4.78 is 34.4. The lowest BCUT2D eigenvalue weighted by Crippen LogP contribution is -2.30. The van der Waals surface area contributed by atoms with Gasteiger partial charge < -0.3 is 15.0 Å². The molecule has 11 heteroatoms. The number of ether oxygens (including phenoxy) is 1. The fourth-order valence-corrected chi connectivity index (χ4v) is 4.82. The Labute approximate surface area is 202 Å². The van der Waals surface area contributed by atoms with Crippen molar-refractivity contribution in [3.8, 4) is 11.5 Å². The number of likely N-dealkylation sites (tertiary alicyclic amines) is 1. The van der Waals surface area contributed by atoms with Gasteiger partial charge in [0.1, 0.15) is 17.3 Å². The molecule has 0 spiro atoms. The SMILES string of the molecule is Cn1nccc1-c1nc(Nc2cc(C(N)(F)F)ccn2)cc(C2CCN(CC3CCOCC3)C2)n1. The van der Waals surface area contributed by atoms with E-state index >= 15 is 0 Å². The second kappa shape index (κ2) is 9.92. The normalized spacial score (nSPS) is 19.8. The molecule has 186 valence electrons. The highest BCUT2D eigenvalue weighted by Gasteiger charge is 2.29. The van der Waals surface area contributed by atoms with Crippen LogP contribution >= 0.6 is 0 Å². The molecule has 3 N–H and O–H groups in total. The topological polar surface area (TPSA) is 107 Å². The number of nitrogens with zero attached hydrogens (tertiary/aromatic N) is 6. The minimum Gasteiger partial charge on any atom is -0.381 e.